The summed E-state index contributed by atoms with van der Waals surface area (Å²) < 4.78 is 22.3. The van der Waals surface area contributed by atoms with Crippen LogP contribution in [0.2, 0.25) is 0 Å². The Morgan fingerprint density at radius 1 is 1.38 bits per heavy atom. The molecule has 0 unspecified atom stereocenters. The zero-order valence-corrected chi connectivity index (χ0v) is 9.36. The lowest BCUT2D eigenvalue weighted by Crippen LogP contribution is -2.28. The maximum atomic E-state index is 11.1. The van der Waals surface area contributed by atoms with Crippen molar-refractivity contribution in [3.8, 4) is 0 Å². The van der Waals surface area contributed by atoms with Crippen LogP contribution >= 0.6 is 0 Å². The zero-order chi connectivity index (χ0) is 10.3. The van der Waals surface area contributed by atoms with Crippen LogP contribution in [0.15, 0.2) is 0 Å². The van der Waals surface area contributed by atoms with E-state index in [4.69, 9.17) is 4.84 Å². The van der Waals surface area contributed by atoms with Crippen molar-refractivity contribution in [3.05, 3.63) is 0 Å². The molecule has 0 aliphatic rings. The van der Waals surface area contributed by atoms with Crippen molar-refractivity contribution >= 4 is 10.0 Å². The molecule has 0 aromatic heterocycles. The van der Waals surface area contributed by atoms with Crippen LogP contribution in [-0.2, 0) is 14.9 Å². The van der Waals surface area contributed by atoms with Gasteiger partial charge in [0.15, 0.2) is 0 Å². The van der Waals surface area contributed by atoms with Gasteiger partial charge in [-0.1, -0.05) is 32.1 Å². The van der Waals surface area contributed by atoms with Gasteiger partial charge in [-0.25, -0.2) is 8.42 Å². The number of hydrogen-bond donors (Lipinski definition) is 1. The van der Waals surface area contributed by atoms with Crippen molar-refractivity contribution in [1.29, 1.82) is 0 Å². The lowest BCUT2D eigenvalue weighted by atomic mass is 10.2. The van der Waals surface area contributed by atoms with Crippen molar-refractivity contribution in [1.82, 2.24) is 4.89 Å². The predicted molar refractivity (Wildman–Crippen MR) is 52.6 cm³/mol. The Morgan fingerprint density at radius 2 is 2.00 bits per heavy atom. The Bertz CT molecular complexity index is 211. The van der Waals surface area contributed by atoms with Gasteiger partial charge in [0.25, 0.3) is 0 Å². The standard InChI is InChI=1S/C8H19NO3S/c1-4-5-6-13(10,11)9-12-7-8(2)3/h8-9H,4-7H2,1-3H3. The van der Waals surface area contributed by atoms with Gasteiger partial charge in [-0.15, -0.1) is 0 Å². The molecule has 5 heteroatoms. The summed E-state index contributed by atoms with van der Waals surface area (Å²) >= 11 is 0. The van der Waals surface area contributed by atoms with Gasteiger partial charge in [0.2, 0.25) is 10.0 Å². The second-order valence-corrected chi connectivity index (χ2v) is 5.27. The Labute approximate surface area is 80.7 Å². The quantitative estimate of drug-likeness (QED) is 0.643. The minimum atomic E-state index is -3.21. The molecule has 0 saturated heterocycles. The van der Waals surface area contributed by atoms with Crippen LogP contribution in [0.3, 0.4) is 0 Å². The van der Waals surface area contributed by atoms with E-state index in [-0.39, 0.29) is 5.75 Å². The van der Waals surface area contributed by atoms with E-state index >= 15 is 0 Å². The molecule has 4 nitrogen and oxygen atoms in total. The molecule has 13 heavy (non-hydrogen) atoms. The van der Waals surface area contributed by atoms with E-state index in [1.165, 1.54) is 0 Å². The van der Waals surface area contributed by atoms with Gasteiger partial charge in [-0.3, -0.25) is 4.84 Å². The lowest BCUT2D eigenvalue weighted by molar-refractivity contribution is 0.0719. The third-order valence-electron chi connectivity index (χ3n) is 1.37. The minimum absolute atomic E-state index is 0.140. The molecule has 0 spiro atoms. The SMILES string of the molecule is CCCCS(=O)(=O)NOCC(C)C. The van der Waals surface area contributed by atoms with Gasteiger partial charge in [-0.2, -0.15) is 0 Å². The van der Waals surface area contributed by atoms with Crippen LogP contribution in [0.1, 0.15) is 33.6 Å². The number of sulfonamides is 1. The van der Waals surface area contributed by atoms with Crippen LogP contribution in [0.25, 0.3) is 0 Å². The van der Waals surface area contributed by atoms with Gasteiger partial charge in [-0.05, 0) is 12.3 Å². The number of hydrogen-bond acceptors (Lipinski definition) is 3. The third-order valence-corrected chi connectivity index (χ3v) is 2.57. The van der Waals surface area contributed by atoms with E-state index in [2.05, 4.69) is 4.89 Å². The van der Waals surface area contributed by atoms with Gasteiger partial charge in [0.1, 0.15) is 0 Å². The Morgan fingerprint density at radius 3 is 2.46 bits per heavy atom. The van der Waals surface area contributed by atoms with E-state index in [0.29, 0.717) is 18.9 Å². The monoisotopic (exact) mass is 209 g/mol. The van der Waals surface area contributed by atoms with Crippen molar-refractivity contribution in [2.45, 2.75) is 33.6 Å². The van der Waals surface area contributed by atoms with E-state index < -0.39 is 10.0 Å². The molecule has 0 radical (unpaired) electrons. The molecule has 1 N–H and O–H groups in total. The molecule has 0 saturated carbocycles. The van der Waals surface area contributed by atoms with Gasteiger partial charge in [0, 0.05) is 0 Å². The first-order valence-corrected chi connectivity index (χ1v) is 6.24. The summed E-state index contributed by atoms with van der Waals surface area (Å²) in [5, 5.41) is 0. The fourth-order valence-electron chi connectivity index (χ4n) is 0.666. The van der Waals surface area contributed by atoms with Crippen LogP contribution < -0.4 is 4.89 Å². The first-order chi connectivity index (χ1) is 5.98. The summed E-state index contributed by atoms with van der Waals surface area (Å²) in [6.07, 6.45) is 1.53. The fraction of sp³-hybridized carbons (Fsp3) is 1.00. The largest absolute Gasteiger partial charge is 0.287 e. The van der Waals surface area contributed by atoms with Gasteiger partial charge in [0.05, 0.1) is 12.4 Å². The molecule has 0 amide bonds. The average Bonchev–Trinajstić information content (AvgIpc) is 2.00. The molecule has 0 atom stereocenters. The summed E-state index contributed by atoms with van der Waals surface area (Å²) in [6, 6.07) is 0. The number of nitrogens with one attached hydrogen (secondary N) is 1. The molecule has 0 heterocycles. The molecule has 0 aliphatic heterocycles. The highest BCUT2D eigenvalue weighted by Crippen LogP contribution is 1.95. The van der Waals surface area contributed by atoms with Gasteiger partial charge >= 0.3 is 0 Å². The normalized spacial score (nSPS) is 12.3. The van der Waals surface area contributed by atoms with Crippen molar-refractivity contribution in [2.24, 2.45) is 5.92 Å². The second-order valence-electron chi connectivity index (χ2n) is 3.46. The summed E-state index contributed by atoms with van der Waals surface area (Å²) in [4.78, 5) is 6.92. The highest BCUT2D eigenvalue weighted by Gasteiger charge is 2.08. The van der Waals surface area contributed by atoms with Crippen LogP contribution in [-0.4, -0.2) is 20.8 Å². The predicted octanol–water partition coefficient (Wildman–Crippen LogP) is 1.29. The summed E-state index contributed by atoms with van der Waals surface area (Å²) in [6.45, 7) is 6.27. The summed E-state index contributed by atoms with van der Waals surface area (Å²) in [7, 11) is -3.21. The average molecular weight is 209 g/mol. The Balaban J connectivity index is 3.64. The number of unbranched alkanes of at least 4 members (excludes halogenated alkanes) is 1. The van der Waals surface area contributed by atoms with E-state index in [0.717, 1.165) is 6.42 Å². The molecule has 80 valence electrons. The van der Waals surface area contributed by atoms with Crippen molar-refractivity contribution < 1.29 is 13.3 Å². The molecule has 0 aromatic rings. The van der Waals surface area contributed by atoms with E-state index in [1.807, 2.05) is 20.8 Å². The minimum Gasteiger partial charge on any atom is -0.287 e. The lowest BCUT2D eigenvalue weighted by Gasteiger charge is -2.07. The topological polar surface area (TPSA) is 55.4 Å². The zero-order valence-electron chi connectivity index (χ0n) is 8.54. The Kier molecular flexibility index (Phi) is 6.28. The third kappa shape index (κ3) is 8.21. The molecule has 0 rings (SSSR count). The van der Waals surface area contributed by atoms with E-state index in [1.54, 1.807) is 0 Å². The van der Waals surface area contributed by atoms with Crippen LogP contribution in [0, 0.1) is 5.92 Å². The number of rotatable bonds is 7. The molecule has 0 aliphatic carbocycles. The van der Waals surface area contributed by atoms with Crippen molar-refractivity contribution in [2.75, 3.05) is 12.4 Å². The first kappa shape index (κ1) is 12.9. The highest BCUT2D eigenvalue weighted by molar-refractivity contribution is 7.89. The molecular weight excluding hydrogens is 190 g/mol. The maximum Gasteiger partial charge on any atom is 0.233 e. The highest BCUT2D eigenvalue weighted by atomic mass is 32.2. The molecular formula is C8H19NO3S. The van der Waals surface area contributed by atoms with Gasteiger partial charge < -0.3 is 0 Å². The first-order valence-electron chi connectivity index (χ1n) is 4.59. The van der Waals surface area contributed by atoms with Crippen LogP contribution in [0.4, 0.5) is 0 Å². The summed E-state index contributed by atoms with van der Waals surface area (Å²) in [5.74, 6) is 0.468. The maximum absolute atomic E-state index is 11.1. The smallest absolute Gasteiger partial charge is 0.233 e. The second kappa shape index (κ2) is 6.34. The fourth-order valence-corrected chi connectivity index (χ4v) is 1.67. The van der Waals surface area contributed by atoms with Crippen molar-refractivity contribution in [3.63, 3.8) is 0 Å². The Hall–Kier alpha value is -0.130. The molecule has 0 fully saturated rings. The van der Waals surface area contributed by atoms with E-state index in [9.17, 15) is 8.42 Å². The summed E-state index contributed by atoms with van der Waals surface area (Å²) in [5.41, 5.74) is 0. The van der Waals surface area contributed by atoms with Crippen LogP contribution in [0.5, 0.6) is 0 Å². The molecule has 0 aromatic carbocycles. The molecule has 0 bridgehead atoms.